The Labute approximate surface area is 129 Å². The lowest BCUT2D eigenvalue weighted by molar-refractivity contribution is 0.174. The molecule has 4 rings (SSSR count). The van der Waals surface area contributed by atoms with Crippen LogP contribution in [0.5, 0.6) is 11.5 Å². The molecule has 0 bridgehead atoms. The molecule has 0 aliphatic carbocycles. The van der Waals surface area contributed by atoms with Crippen molar-refractivity contribution in [2.75, 3.05) is 6.79 Å². The summed E-state index contributed by atoms with van der Waals surface area (Å²) in [6.07, 6.45) is 2.99. The van der Waals surface area contributed by atoms with Crippen LogP contribution in [0.1, 0.15) is 5.56 Å². The fourth-order valence-electron chi connectivity index (χ4n) is 2.34. The summed E-state index contributed by atoms with van der Waals surface area (Å²) in [6.45, 7) is 0.529. The van der Waals surface area contributed by atoms with E-state index in [-0.39, 0.29) is 17.9 Å². The van der Waals surface area contributed by atoms with Gasteiger partial charge in [0.05, 0.1) is 6.54 Å². The molecule has 1 N–H and O–H groups in total. The first-order valence-electron chi connectivity index (χ1n) is 6.55. The van der Waals surface area contributed by atoms with Gasteiger partial charge in [0.2, 0.25) is 6.79 Å². The summed E-state index contributed by atoms with van der Waals surface area (Å²) < 4.78 is 12.4. The highest BCUT2D eigenvalue weighted by Crippen LogP contribution is 2.32. The molecule has 110 valence electrons. The van der Waals surface area contributed by atoms with Gasteiger partial charge in [-0.05, 0) is 29.9 Å². The Balaban J connectivity index is 1.82. The van der Waals surface area contributed by atoms with E-state index in [1.807, 2.05) is 18.2 Å². The monoisotopic (exact) mass is 314 g/mol. The molecule has 1 aliphatic rings. The van der Waals surface area contributed by atoms with Crippen LogP contribution in [-0.4, -0.2) is 26.3 Å². The van der Waals surface area contributed by atoms with Crippen LogP contribution in [0, 0.1) is 4.77 Å². The normalized spacial score (nSPS) is 12.7. The van der Waals surface area contributed by atoms with Gasteiger partial charge < -0.3 is 14.5 Å². The molecule has 0 unspecified atom stereocenters. The SMILES string of the molecule is O=c1c2nccnc2[nH]c(=S)n1Cc1ccc2c(c1)OCO2. The highest BCUT2D eigenvalue weighted by atomic mass is 32.1. The van der Waals surface area contributed by atoms with Crippen molar-refractivity contribution in [3.63, 3.8) is 0 Å². The van der Waals surface area contributed by atoms with Gasteiger partial charge in [0.25, 0.3) is 5.56 Å². The fourth-order valence-corrected chi connectivity index (χ4v) is 2.58. The van der Waals surface area contributed by atoms with Crippen LogP contribution in [-0.2, 0) is 6.54 Å². The van der Waals surface area contributed by atoms with Gasteiger partial charge in [-0.2, -0.15) is 0 Å². The molecule has 1 aliphatic heterocycles. The number of hydrogen-bond donors (Lipinski definition) is 1. The van der Waals surface area contributed by atoms with Gasteiger partial charge in [0, 0.05) is 12.4 Å². The minimum Gasteiger partial charge on any atom is -0.454 e. The minimum absolute atomic E-state index is 0.213. The summed E-state index contributed by atoms with van der Waals surface area (Å²) in [6, 6.07) is 5.52. The molecule has 0 saturated heterocycles. The number of aromatic nitrogens is 4. The van der Waals surface area contributed by atoms with E-state index in [9.17, 15) is 4.79 Å². The van der Waals surface area contributed by atoms with E-state index in [1.54, 1.807) is 0 Å². The number of hydrogen-bond acceptors (Lipinski definition) is 6. The van der Waals surface area contributed by atoms with E-state index in [0.717, 1.165) is 5.56 Å². The Morgan fingerprint density at radius 2 is 2.05 bits per heavy atom. The van der Waals surface area contributed by atoms with Gasteiger partial charge in [0.15, 0.2) is 27.4 Å². The number of nitrogens with zero attached hydrogens (tertiary/aromatic N) is 3. The van der Waals surface area contributed by atoms with Crippen LogP contribution in [0.3, 0.4) is 0 Å². The topological polar surface area (TPSA) is 82.0 Å². The summed E-state index contributed by atoms with van der Waals surface area (Å²) in [4.78, 5) is 23.6. The molecule has 7 nitrogen and oxygen atoms in total. The van der Waals surface area contributed by atoms with E-state index < -0.39 is 0 Å². The molecular formula is C14H10N4O3S. The third-order valence-electron chi connectivity index (χ3n) is 3.39. The number of aromatic amines is 1. The van der Waals surface area contributed by atoms with Crippen LogP contribution < -0.4 is 15.0 Å². The number of fused-ring (bicyclic) bond motifs is 2. The average Bonchev–Trinajstić information content (AvgIpc) is 2.99. The highest BCUT2D eigenvalue weighted by Gasteiger charge is 2.14. The first-order chi connectivity index (χ1) is 10.7. The zero-order chi connectivity index (χ0) is 15.1. The highest BCUT2D eigenvalue weighted by molar-refractivity contribution is 7.71. The van der Waals surface area contributed by atoms with Crippen LogP contribution >= 0.6 is 12.2 Å². The minimum atomic E-state index is -0.274. The van der Waals surface area contributed by atoms with Gasteiger partial charge in [0.1, 0.15) is 0 Å². The van der Waals surface area contributed by atoms with E-state index in [2.05, 4.69) is 15.0 Å². The van der Waals surface area contributed by atoms with Crippen molar-refractivity contribution in [2.45, 2.75) is 6.54 Å². The van der Waals surface area contributed by atoms with Crippen LogP contribution in [0.2, 0.25) is 0 Å². The second kappa shape index (κ2) is 4.92. The molecule has 1 aromatic carbocycles. The zero-order valence-corrected chi connectivity index (χ0v) is 12.1. The van der Waals surface area contributed by atoms with Crippen LogP contribution in [0.25, 0.3) is 11.2 Å². The number of H-pyrrole nitrogens is 1. The molecule has 22 heavy (non-hydrogen) atoms. The number of rotatable bonds is 2. The third kappa shape index (κ3) is 2.04. The summed E-state index contributed by atoms with van der Waals surface area (Å²) in [7, 11) is 0. The second-order valence-corrected chi connectivity index (χ2v) is 5.15. The Morgan fingerprint density at radius 3 is 2.95 bits per heavy atom. The standard InChI is InChI=1S/C14H10N4O3S/c19-13-11-12(16-4-3-15-11)17-14(22)18(13)6-8-1-2-9-10(5-8)21-7-20-9/h1-5H,6-7H2,(H,16,17,22). The molecule has 0 radical (unpaired) electrons. The van der Waals surface area contributed by atoms with Gasteiger partial charge in [-0.15, -0.1) is 0 Å². The van der Waals surface area contributed by atoms with Gasteiger partial charge in [-0.25, -0.2) is 9.97 Å². The average molecular weight is 314 g/mol. The zero-order valence-electron chi connectivity index (χ0n) is 11.3. The lowest BCUT2D eigenvalue weighted by Crippen LogP contribution is -2.23. The van der Waals surface area contributed by atoms with Crippen molar-refractivity contribution >= 4 is 23.4 Å². The van der Waals surface area contributed by atoms with E-state index in [4.69, 9.17) is 21.7 Å². The predicted octanol–water partition coefficient (Wildman–Crippen LogP) is 1.63. The van der Waals surface area contributed by atoms with Crippen molar-refractivity contribution < 1.29 is 9.47 Å². The molecule has 3 heterocycles. The molecule has 3 aromatic rings. The number of benzene rings is 1. The number of nitrogens with one attached hydrogen (secondary N) is 1. The molecule has 0 fully saturated rings. The van der Waals surface area contributed by atoms with E-state index in [0.29, 0.717) is 28.5 Å². The second-order valence-electron chi connectivity index (χ2n) is 4.76. The summed E-state index contributed by atoms with van der Waals surface area (Å²) in [5.74, 6) is 1.37. The molecule has 0 spiro atoms. The molecule has 2 aromatic heterocycles. The quantitative estimate of drug-likeness (QED) is 0.724. The van der Waals surface area contributed by atoms with Gasteiger partial charge in [-0.1, -0.05) is 6.07 Å². The van der Waals surface area contributed by atoms with Gasteiger partial charge in [-0.3, -0.25) is 9.36 Å². The molecular weight excluding hydrogens is 304 g/mol. The van der Waals surface area contributed by atoms with E-state index >= 15 is 0 Å². The first-order valence-corrected chi connectivity index (χ1v) is 6.95. The maximum absolute atomic E-state index is 12.5. The summed E-state index contributed by atoms with van der Waals surface area (Å²) in [5.41, 5.74) is 1.26. The van der Waals surface area contributed by atoms with Crippen molar-refractivity contribution in [1.82, 2.24) is 19.5 Å². The summed E-state index contributed by atoms with van der Waals surface area (Å²) in [5, 5.41) is 0. The Bertz CT molecular complexity index is 995. The van der Waals surface area contributed by atoms with Crippen LogP contribution in [0.15, 0.2) is 35.4 Å². The lowest BCUT2D eigenvalue weighted by atomic mass is 10.2. The Morgan fingerprint density at radius 1 is 1.23 bits per heavy atom. The van der Waals surface area contributed by atoms with E-state index in [1.165, 1.54) is 17.0 Å². The predicted molar refractivity (Wildman–Crippen MR) is 80.6 cm³/mol. The molecule has 0 saturated carbocycles. The van der Waals surface area contributed by atoms with Crippen molar-refractivity contribution in [3.8, 4) is 11.5 Å². The van der Waals surface area contributed by atoms with Crippen molar-refractivity contribution in [2.24, 2.45) is 0 Å². The Kier molecular flexibility index (Phi) is 2.90. The largest absolute Gasteiger partial charge is 0.454 e. The maximum Gasteiger partial charge on any atom is 0.282 e. The van der Waals surface area contributed by atoms with Crippen LogP contribution in [0.4, 0.5) is 0 Å². The molecule has 8 heteroatoms. The molecule has 0 amide bonds. The van der Waals surface area contributed by atoms with Crippen molar-refractivity contribution in [3.05, 3.63) is 51.3 Å². The fraction of sp³-hybridized carbons (Fsp3) is 0.143. The number of ether oxygens (including phenoxy) is 2. The van der Waals surface area contributed by atoms with Gasteiger partial charge >= 0.3 is 0 Å². The molecule has 0 atom stereocenters. The third-order valence-corrected chi connectivity index (χ3v) is 3.72. The first kappa shape index (κ1) is 13.0. The smallest absolute Gasteiger partial charge is 0.282 e. The lowest BCUT2D eigenvalue weighted by Gasteiger charge is -2.08. The Hall–Kier alpha value is -2.74. The maximum atomic E-state index is 12.5. The summed E-state index contributed by atoms with van der Waals surface area (Å²) >= 11 is 5.25. The van der Waals surface area contributed by atoms with Crippen molar-refractivity contribution in [1.29, 1.82) is 0 Å².